The lowest BCUT2D eigenvalue weighted by Crippen LogP contribution is -2.18. The fourth-order valence-electron chi connectivity index (χ4n) is 1.64. The second-order valence-electron chi connectivity index (χ2n) is 4.05. The number of primary amides is 1. The fraction of sp³-hybridized carbons (Fsp3) is 0.500. The van der Waals surface area contributed by atoms with Crippen LogP contribution in [0.4, 0.5) is 13.2 Å². The molecule has 1 amide bonds. The average Bonchev–Trinajstić information content (AvgIpc) is 2.27. The van der Waals surface area contributed by atoms with Crippen molar-refractivity contribution in [3.8, 4) is 0 Å². The minimum Gasteiger partial charge on any atom is -0.364 e. The Labute approximate surface area is 103 Å². The number of amides is 1. The van der Waals surface area contributed by atoms with Crippen molar-refractivity contribution in [2.75, 3.05) is 0 Å². The van der Waals surface area contributed by atoms with Crippen molar-refractivity contribution in [1.82, 2.24) is 4.98 Å². The van der Waals surface area contributed by atoms with Crippen LogP contribution in [0.5, 0.6) is 0 Å². The van der Waals surface area contributed by atoms with E-state index >= 15 is 0 Å². The van der Waals surface area contributed by atoms with E-state index in [1.807, 2.05) is 6.92 Å². The van der Waals surface area contributed by atoms with Crippen molar-refractivity contribution in [3.63, 3.8) is 0 Å². The van der Waals surface area contributed by atoms with Gasteiger partial charge in [-0.2, -0.15) is 13.2 Å². The Morgan fingerprint density at radius 3 is 2.56 bits per heavy atom. The van der Waals surface area contributed by atoms with Crippen LogP contribution in [0, 0.1) is 0 Å². The molecule has 0 atom stereocenters. The van der Waals surface area contributed by atoms with Crippen LogP contribution in [0.3, 0.4) is 0 Å². The number of aromatic nitrogens is 1. The largest absolute Gasteiger partial charge is 0.417 e. The van der Waals surface area contributed by atoms with Gasteiger partial charge in [-0.05, 0) is 24.5 Å². The van der Waals surface area contributed by atoms with E-state index in [0.717, 1.165) is 18.9 Å². The Bertz CT molecular complexity index is 430. The third kappa shape index (κ3) is 3.72. The van der Waals surface area contributed by atoms with Crippen LogP contribution >= 0.6 is 0 Å². The maximum absolute atomic E-state index is 12.5. The number of rotatable bonds is 5. The van der Waals surface area contributed by atoms with Crippen LogP contribution in [0.15, 0.2) is 12.3 Å². The molecule has 0 aliphatic carbocycles. The molecule has 0 aromatic carbocycles. The van der Waals surface area contributed by atoms with Gasteiger partial charge in [0.1, 0.15) is 5.69 Å². The van der Waals surface area contributed by atoms with E-state index < -0.39 is 17.6 Å². The van der Waals surface area contributed by atoms with Gasteiger partial charge in [-0.15, -0.1) is 0 Å². The molecule has 1 aromatic heterocycles. The summed E-state index contributed by atoms with van der Waals surface area (Å²) in [5.41, 5.74) is 4.45. The third-order valence-corrected chi connectivity index (χ3v) is 2.58. The Morgan fingerprint density at radius 2 is 2.06 bits per heavy atom. The summed E-state index contributed by atoms with van der Waals surface area (Å²) >= 11 is 0. The van der Waals surface area contributed by atoms with Crippen LogP contribution in [0.2, 0.25) is 0 Å². The maximum atomic E-state index is 12.5. The molecule has 18 heavy (non-hydrogen) atoms. The molecule has 1 rings (SSSR count). The molecule has 6 heteroatoms. The smallest absolute Gasteiger partial charge is 0.364 e. The van der Waals surface area contributed by atoms with E-state index in [4.69, 9.17) is 5.73 Å². The lowest BCUT2D eigenvalue weighted by Gasteiger charge is -2.10. The number of aryl methyl sites for hydroxylation is 1. The van der Waals surface area contributed by atoms with E-state index in [0.29, 0.717) is 19.0 Å². The molecule has 3 nitrogen and oxygen atoms in total. The van der Waals surface area contributed by atoms with Gasteiger partial charge in [0.2, 0.25) is 0 Å². The molecule has 0 fully saturated rings. The number of hydrogen-bond acceptors (Lipinski definition) is 2. The second kappa shape index (κ2) is 5.84. The highest BCUT2D eigenvalue weighted by Gasteiger charge is 2.31. The standard InChI is InChI=1S/C12H15F3N2O/c1-2-3-4-5-8-6-9(12(13,14)15)7-17-10(8)11(16)18/h6-7H,2-5H2,1H3,(H2,16,18). The number of unbranched alkanes of at least 4 members (excludes halogenated alkanes) is 2. The van der Waals surface area contributed by atoms with Crippen LogP contribution < -0.4 is 5.73 Å². The highest BCUT2D eigenvalue weighted by molar-refractivity contribution is 5.92. The molecule has 1 aromatic rings. The normalized spacial score (nSPS) is 11.6. The molecule has 0 bridgehead atoms. The van der Waals surface area contributed by atoms with Gasteiger partial charge in [-0.1, -0.05) is 19.8 Å². The van der Waals surface area contributed by atoms with Gasteiger partial charge >= 0.3 is 6.18 Å². The first-order chi connectivity index (χ1) is 8.36. The van der Waals surface area contributed by atoms with Crippen molar-refractivity contribution in [3.05, 3.63) is 29.1 Å². The van der Waals surface area contributed by atoms with Crippen molar-refractivity contribution < 1.29 is 18.0 Å². The first-order valence-corrected chi connectivity index (χ1v) is 5.72. The SMILES string of the molecule is CCCCCc1cc(C(F)(F)F)cnc1C(N)=O. The zero-order valence-corrected chi connectivity index (χ0v) is 10.0. The number of nitrogens with zero attached hydrogens (tertiary/aromatic N) is 1. The van der Waals surface area contributed by atoms with Crippen LogP contribution in [0.25, 0.3) is 0 Å². The van der Waals surface area contributed by atoms with Crippen molar-refractivity contribution in [1.29, 1.82) is 0 Å². The monoisotopic (exact) mass is 260 g/mol. The molecular formula is C12H15F3N2O. The minimum absolute atomic E-state index is 0.0703. The minimum atomic E-state index is -4.46. The average molecular weight is 260 g/mol. The van der Waals surface area contributed by atoms with Gasteiger partial charge < -0.3 is 5.73 Å². The molecular weight excluding hydrogens is 245 g/mol. The van der Waals surface area contributed by atoms with Gasteiger partial charge in [-0.25, -0.2) is 0 Å². The van der Waals surface area contributed by atoms with Crippen LogP contribution in [-0.4, -0.2) is 10.9 Å². The van der Waals surface area contributed by atoms with E-state index in [1.54, 1.807) is 0 Å². The topological polar surface area (TPSA) is 56.0 Å². The van der Waals surface area contributed by atoms with E-state index in [-0.39, 0.29) is 11.3 Å². The first kappa shape index (κ1) is 14.5. The summed E-state index contributed by atoms with van der Waals surface area (Å²) in [6.45, 7) is 1.99. The Hall–Kier alpha value is -1.59. The lowest BCUT2D eigenvalue weighted by atomic mass is 10.0. The number of halogens is 3. The summed E-state index contributed by atoms with van der Waals surface area (Å²) in [6.07, 6.45) is -0.901. The van der Waals surface area contributed by atoms with Gasteiger partial charge in [0, 0.05) is 6.20 Å². The summed E-state index contributed by atoms with van der Waals surface area (Å²) in [5.74, 6) is -0.796. The summed E-state index contributed by atoms with van der Waals surface area (Å²) in [5, 5.41) is 0. The van der Waals surface area contributed by atoms with Crippen molar-refractivity contribution >= 4 is 5.91 Å². The summed E-state index contributed by atoms with van der Waals surface area (Å²) in [6, 6.07) is 0.961. The summed E-state index contributed by atoms with van der Waals surface area (Å²) in [4.78, 5) is 14.6. The Kier molecular flexibility index (Phi) is 4.69. The molecule has 100 valence electrons. The van der Waals surface area contributed by atoms with E-state index in [1.165, 1.54) is 0 Å². The molecule has 0 saturated heterocycles. The number of carbonyl (C=O) groups excluding carboxylic acids is 1. The second-order valence-corrected chi connectivity index (χ2v) is 4.05. The highest BCUT2D eigenvalue weighted by atomic mass is 19.4. The number of carbonyl (C=O) groups is 1. The first-order valence-electron chi connectivity index (χ1n) is 5.72. The zero-order chi connectivity index (χ0) is 13.8. The number of alkyl halides is 3. The molecule has 0 aliphatic rings. The lowest BCUT2D eigenvalue weighted by molar-refractivity contribution is -0.137. The summed E-state index contributed by atoms with van der Waals surface area (Å²) in [7, 11) is 0. The number of pyridine rings is 1. The molecule has 0 aliphatic heterocycles. The van der Waals surface area contributed by atoms with Gasteiger partial charge in [-0.3, -0.25) is 9.78 Å². The van der Waals surface area contributed by atoms with Crippen LogP contribution in [-0.2, 0) is 12.6 Å². The molecule has 1 heterocycles. The van der Waals surface area contributed by atoms with Gasteiger partial charge in [0.25, 0.3) is 5.91 Å². The van der Waals surface area contributed by atoms with Crippen molar-refractivity contribution in [2.45, 2.75) is 38.8 Å². The predicted molar refractivity (Wildman–Crippen MR) is 61.0 cm³/mol. The Balaban J connectivity index is 3.04. The maximum Gasteiger partial charge on any atom is 0.417 e. The van der Waals surface area contributed by atoms with Gasteiger partial charge in [0.15, 0.2) is 0 Å². The Morgan fingerprint density at radius 1 is 1.39 bits per heavy atom. The molecule has 2 N–H and O–H groups in total. The van der Waals surface area contributed by atoms with Crippen molar-refractivity contribution in [2.24, 2.45) is 5.73 Å². The number of nitrogens with two attached hydrogens (primary N) is 1. The molecule has 0 radical (unpaired) electrons. The predicted octanol–water partition coefficient (Wildman–Crippen LogP) is 2.93. The van der Waals surface area contributed by atoms with Gasteiger partial charge in [0.05, 0.1) is 5.56 Å². The van der Waals surface area contributed by atoms with E-state index in [2.05, 4.69) is 4.98 Å². The quantitative estimate of drug-likeness (QED) is 0.827. The van der Waals surface area contributed by atoms with Crippen LogP contribution in [0.1, 0.15) is 47.8 Å². The highest BCUT2D eigenvalue weighted by Crippen LogP contribution is 2.30. The molecule has 0 unspecified atom stereocenters. The fourth-order valence-corrected chi connectivity index (χ4v) is 1.64. The zero-order valence-electron chi connectivity index (χ0n) is 10.0. The molecule has 0 spiro atoms. The number of hydrogen-bond donors (Lipinski definition) is 1. The van der Waals surface area contributed by atoms with E-state index in [9.17, 15) is 18.0 Å². The third-order valence-electron chi connectivity index (χ3n) is 2.58. The molecule has 0 saturated carbocycles. The summed E-state index contributed by atoms with van der Waals surface area (Å²) < 4.78 is 37.6.